The molecule has 104 valence electrons. The van der Waals surface area contributed by atoms with Gasteiger partial charge in [-0.05, 0) is 68.0 Å². The van der Waals surface area contributed by atoms with E-state index in [0.717, 1.165) is 19.5 Å². The number of rotatable bonds is 9. The maximum absolute atomic E-state index is 9.38. The van der Waals surface area contributed by atoms with Crippen LogP contribution in [0.25, 0.3) is 0 Å². The quantitative estimate of drug-likeness (QED) is 0.625. The van der Waals surface area contributed by atoms with Gasteiger partial charge in [0.25, 0.3) is 0 Å². The molecule has 0 aliphatic rings. The van der Waals surface area contributed by atoms with Crippen LogP contribution in [0, 0.1) is 0 Å². The van der Waals surface area contributed by atoms with Gasteiger partial charge in [-0.25, -0.2) is 0 Å². The fourth-order valence-corrected chi connectivity index (χ4v) is 1.91. The van der Waals surface area contributed by atoms with E-state index >= 15 is 0 Å². The van der Waals surface area contributed by atoms with Gasteiger partial charge in [0.2, 0.25) is 0 Å². The molecule has 0 radical (unpaired) electrons. The van der Waals surface area contributed by atoms with Gasteiger partial charge in [-0.2, -0.15) is 0 Å². The fourth-order valence-electron chi connectivity index (χ4n) is 1.91. The molecule has 0 amide bonds. The summed E-state index contributed by atoms with van der Waals surface area (Å²) in [6.45, 7) is 6.70. The first kappa shape index (κ1) is 16.8. The molecule has 0 aliphatic heterocycles. The van der Waals surface area contributed by atoms with Crippen LogP contribution in [0.3, 0.4) is 0 Å². The highest BCUT2D eigenvalue weighted by atomic mass is 16.3. The van der Waals surface area contributed by atoms with Crippen LogP contribution in [0.2, 0.25) is 0 Å². The third-order valence-corrected chi connectivity index (χ3v) is 3.57. The Kier molecular flexibility index (Phi) is 7.96. The van der Waals surface area contributed by atoms with Crippen LogP contribution >= 0.6 is 0 Å². The lowest BCUT2D eigenvalue weighted by atomic mass is 9.94. The average Bonchev–Trinajstić information content (AvgIpc) is 2.28. The number of aliphatic hydroxyl groups excluding tert-OH is 1. The van der Waals surface area contributed by atoms with Gasteiger partial charge in [0.05, 0.1) is 6.61 Å². The van der Waals surface area contributed by atoms with E-state index in [0.29, 0.717) is 6.04 Å². The normalized spacial score (nSPS) is 17.5. The van der Waals surface area contributed by atoms with Gasteiger partial charge in [0.1, 0.15) is 0 Å². The minimum absolute atomic E-state index is 0.171. The topological polar surface area (TPSA) is 38.7 Å². The maximum Gasteiger partial charge on any atom is 0.0611 e. The monoisotopic (exact) mass is 245 g/mol. The highest BCUT2D eigenvalue weighted by Gasteiger charge is 2.25. The van der Waals surface area contributed by atoms with Crippen molar-refractivity contribution in [3.05, 3.63) is 0 Å². The molecule has 0 bridgehead atoms. The van der Waals surface area contributed by atoms with Crippen LogP contribution in [-0.4, -0.2) is 74.4 Å². The van der Waals surface area contributed by atoms with Gasteiger partial charge in [-0.15, -0.1) is 0 Å². The number of nitrogens with one attached hydrogen (secondary N) is 1. The number of hydrogen-bond donors (Lipinski definition) is 2. The minimum Gasteiger partial charge on any atom is -0.394 e. The summed E-state index contributed by atoms with van der Waals surface area (Å²) >= 11 is 0. The predicted octanol–water partition coefficient (Wildman–Crippen LogP) is 0.619. The van der Waals surface area contributed by atoms with Crippen LogP contribution in [0.1, 0.15) is 26.7 Å². The molecule has 0 aromatic carbocycles. The standard InChI is InChI=1S/C13H31N3O/c1-12(10-13(2,11-17)14-3)16(6)9-7-8-15(4)5/h12,14,17H,7-11H2,1-6H3. The van der Waals surface area contributed by atoms with Gasteiger partial charge >= 0.3 is 0 Å². The van der Waals surface area contributed by atoms with Gasteiger partial charge in [0.15, 0.2) is 0 Å². The first-order chi connectivity index (χ1) is 7.84. The Labute approximate surface area is 107 Å². The lowest BCUT2D eigenvalue weighted by Crippen LogP contribution is -2.48. The number of likely N-dealkylation sites (N-methyl/N-ethyl adjacent to an activating group) is 1. The Morgan fingerprint density at radius 3 is 2.24 bits per heavy atom. The zero-order valence-corrected chi connectivity index (χ0v) is 12.5. The molecule has 0 saturated heterocycles. The Bertz CT molecular complexity index is 193. The molecule has 0 aromatic heterocycles. The van der Waals surface area contributed by atoms with E-state index < -0.39 is 0 Å². The molecular formula is C13H31N3O. The summed E-state index contributed by atoms with van der Waals surface area (Å²) in [7, 11) is 8.28. The van der Waals surface area contributed by atoms with E-state index in [1.165, 1.54) is 6.42 Å². The highest BCUT2D eigenvalue weighted by molar-refractivity contribution is 4.85. The molecule has 2 N–H and O–H groups in total. The van der Waals surface area contributed by atoms with E-state index in [9.17, 15) is 5.11 Å². The van der Waals surface area contributed by atoms with Crippen molar-refractivity contribution in [3.63, 3.8) is 0 Å². The molecule has 17 heavy (non-hydrogen) atoms. The molecule has 0 saturated carbocycles. The Morgan fingerprint density at radius 2 is 1.82 bits per heavy atom. The van der Waals surface area contributed by atoms with Crippen LogP contribution in [0.15, 0.2) is 0 Å². The maximum atomic E-state index is 9.38. The molecule has 4 nitrogen and oxygen atoms in total. The summed E-state index contributed by atoms with van der Waals surface area (Å²) in [6, 6.07) is 0.474. The van der Waals surface area contributed by atoms with Crippen LogP contribution in [-0.2, 0) is 0 Å². The van der Waals surface area contributed by atoms with Crippen molar-refractivity contribution in [3.8, 4) is 0 Å². The van der Waals surface area contributed by atoms with Gasteiger partial charge in [-0.3, -0.25) is 0 Å². The molecule has 0 spiro atoms. The molecular weight excluding hydrogens is 214 g/mol. The second kappa shape index (κ2) is 8.03. The molecule has 2 atom stereocenters. The summed E-state index contributed by atoms with van der Waals surface area (Å²) in [5.74, 6) is 0. The number of aliphatic hydroxyl groups is 1. The largest absolute Gasteiger partial charge is 0.394 e. The molecule has 2 unspecified atom stereocenters. The van der Waals surface area contributed by atoms with E-state index in [1.807, 2.05) is 7.05 Å². The summed E-state index contributed by atoms with van der Waals surface area (Å²) in [6.07, 6.45) is 2.14. The summed E-state index contributed by atoms with van der Waals surface area (Å²) in [5.41, 5.74) is -0.171. The van der Waals surface area contributed by atoms with Gasteiger partial charge < -0.3 is 20.2 Å². The Balaban J connectivity index is 3.99. The third-order valence-electron chi connectivity index (χ3n) is 3.57. The van der Waals surface area contributed by atoms with E-state index in [4.69, 9.17) is 0 Å². The first-order valence-electron chi connectivity index (χ1n) is 6.49. The number of hydrogen-bond acceptors (Lipinski definition) is 4. The fraction of sp³-hybridized carbons (Fsp3) is 1.00. The summed E-state index contributed by atoms with van der Waals surface area (Å²) < 4.78 is 0. The lowest BCUT2D eigenvalue weighted by Gasteiger charge is -2.34. The number of nitrogens with zero attached hydrogens (tertiary/aromatic N) is 2. The second-order valence-electron chi connectivity index (χ2n) is 5.66. The van der Waals surface area contributed by atoms with Crippen molar-refractivity contribution in [2.45, 2.75) is 38.3 Å². The minimum atomic E-state index is -0.171. The zero-order chi connectivity index (χ0) is 13.5. The van der Waals surface area contributed by atoms with Crippen molar-refractivity contribution in [1.29, 1.82) is 0 Å². The average molecular weight is 245 g/mol. The molecule has 0 fully saturated rings. The summed E-state index contributed by atoms with van der Waals surface area (Å²) in [5, 5.41) is 12.6. The lowest BCUT2D eigenvalue weighted by molar-refractivity contribution is 0.130. The molecule has 0 heterocycles. The highest BCUT2D eigenvalue weighted by Crippen LogP contribution is 2.14. The second-order valence-corrected chi connectivity index (χ2v) is 5.66. The van der Waals surface area contributed by atoms with Crippen molar-refractivity contribution < 1.29 is 5.11 Å². The summed E-state index contributed by atoms with van der Waals surface area (Å²) in [4.78, 5) is 4.58. The van der Waals surface area contributed by atoms with Crippen molar-refractivity contribution in [2.24, 2.45) is 0 Å². The Hall–Kier alpha value is -0.160. The van der Waals surface area contributed by atoms with Crippen LogP contribution in [0.5, 0.6) is 0 Å². The van der Waals surface area contributed by atoms with Crippen LogP contribution < -0.4 is 5.32 Å². The molecule has 0 aromatic rings. The van der Waals surface area contributed by atoms with E-state index in [-0.39, 0.29) is 12.1 Å². The van der Waals surface area contributed by atoms with Crippen molar-refractivity contribution in [1.82, 2.24) is 15.1 Å². The first-order valence-corrected chi connectivity index (χ1v) is 6.49. The van der Waals surface area contributed by atoms with Gasteiger partial charge in [0, 0.05) is 11.6 Å². The Morgan fingerprint density at radius 1 is 1.24 bits per heavy atom. The van der Waals surface area contributed by atoms with E-state index in [2.05, 4.69) is 50.1 Å². The third kappa shape index (κ3) is 6.99. The van der Waals surface area contributed by atoms with Crippen LogP contribution in [0.4, 0.5) is 0 Å². The van der Waals surface area contributed by atoms with Crippen molar-refractivity contribution >= 4 is 0 Å². The molecule has 0 aliphatic carbocycles. The molecule has 0 rings (SSSR count). The zero-order valence-electron chi connectivity index (χ0n) is 12.5. The van der Waals surface area contributed by atoms with Crippen molar-refractivity contribution in [2.75, 3.05) is 47.9 Å². The molecule has 4 heteroatoms. The SMILES string of the molecule is CNC(C)(CO)CC(C)N(C)CCCN(C)C. The predicted molar refractivity (Wildman–Crippen MR) is 74.4 cm³/mol. The van der Waals surface area contributed by atoms with Gasteiger partial charge in [-0.1, -0.05) is 0 Å². The smallest absolute Gasteiger partial charge is 0.0611 e. The van der Waals surface area contributed by atoms with E-state index in [1.54, 1.807) is 0 Å².